The number of amides is 1. The van der Waals surface area contributed by atoms with Crippen LogP contribution in [0.25, 0.3) is 0 Å². The monoisotopic (exact) mass is 348 g/mol. The second-order valence-corrected chi connectivity index (χ2v) is 5.52. The number of aromatic carboxylic acids is 1. The zero-order valence-electron chi connectivity index (χ0n) is 11.5. The van der Waals surface area contributed by atoms with Gasteiger partial charge in [-0.25, -0.2) is 9.78 Å². The molecule has 1 amide bonds. The highest BCUT2D eigenvalue weighted by molar-refractivity contribution is 9.10. The molecule has 0 fully saturated rings. The Morgan fingerprint density at radius 1 is 1.19 bits per heavy atom. The zero-order valence-corrected chi connectivity index (χ0v) is 13.1. The highest BCUT2D eigenvalue weighted by Crippen LogP contribution is 2.19. The van der Waals surface area contributed by atoms with E-state index in [0.717, 1.165) is 10.0 Å². The number of carbonyl (C=O) groups excluding carboxylic acids is 1. The Bertz CT molecular complexity index is 709. The molecule has 1 aromatic heterocycles. The number of rotatable bonds is 3. The third-order valence-electron chi connectivity index (χ3n) is 2.85. The predicted octanol–water partition coefficient (Wildman–Crippen LogP) is 3.41. The summed E-state index contributed by atoms with van der Waals surface area (Å²) in [6.45, 7) is 3.48. The van der Waals surface area contributed by atoms with Crippen LogP contribution < -0.4 is 5.32 Å². The summed E-state index contributed by atoms with van der Waals surface area (Å²) in [6.07, 6.45) is 0. The number of carbonyl (C=O) groups is 2. The van der Waals surface area contributed by atoms with Crippen molar-refractivity contribution in [3.63, 3.8) is 0 Å². The molecule has 1 aromatic carbocycles. The van der Waals surface area contributed by atoms with Gasteiger partial charge >= 0.3 is 5.97 Å². The van der Waals surface area contributed by atoms with E-state index < -0.39 is 5.97 Å². The molecule has 0 aliphatic rings. The fraction of sp³-hybridized carbons (Fsp3) is 0.133. The second kappa shape index (κ2) is 6.05. The first-order valence-electron chi connectivity index (χ1n) is 6.16. The Labute approximate surface area is 130 Å². The van der Waals surface area contributed by atoms with E-state index in [1.165, 1.54) is 12.1 Å². The Kier molecular flexibility index (Phi) is 4.37. The van der Waals surface area contributed by atoms with Crippen LogP contribution in [-0.2, 0) is 0 Å². The van der Waals surface area contributed by atoms with Gasteiger partial charge in [-0.15, -0.1) is 0 Å². The number of pyridine rings is 1. The van der Waals surface area contributed by atoms with Gasteiger partial charge in [-0.05, 0) is 49.7 Å². The van der Waals surface area contributed by atoms with Crippen LogP contribution in [0.2, 0.25) is 0 Å². The van der Waals surface area contributed by atoms with Gasteiger partial charge in [0, 0.05) is 10.2 Å². The summed E-state index contributed by atoms with van der Waals surface area (Å²) >= 11 is 3.36. The largest absolute Gasteiger partial charge is 0.478 e. The molecule has 0 unspecified atom stereocenters. The van der Waals surface area contributed by atoms with Gasteiger partial charge < -0.3 is 10.4 Å². The lowest BCUT2D eigenvalue weighted by molar-refractivity contribution is 0.0695. The number of hydrogen-bond donors (Lipinski definition) is 2. The Balaban J connectivity index is 2.24. The molecular weight excluding hydrogens is 336 g/mol. The third kappa shape index (κ3) is 3.66. The van der Waals surface area contributed by atoms with Crippen molar-refractivity contribution < 1.29 is 14.7 Å². The summed E-state index contributed by atoms with van der Waals surface area (Å²) in [6, 6.07) is 8.33. The maximum absolute atomic E-state index is 12.1. The van der Waals surface area contributed by atoms with Gasteiger partial charge in [0.15, 0.2) is 0 Å². The molecule has 5 nitrogen and oxygen atoms in total. The molecule has 108 valence electrons. The average molecular weight is 349 g/mol. The summed E-state index contributed by atoms with van der Waals surface area (Å²) < 4.78 is 0.864. The molecule has 0 spiro atoms. The van der Waals surface area contributed by atoms with Gasteiger partial charge in [0.25, 0.3) is 5.91 Å². The van der Waals surface area contributed by atoms with Crippen LogP contribution in [0, 0.1) is 13.8 Å². The molecular formula is C15H13BrN2O3. The molecule has 0 atom stereocenters. The van der Waals surface area contributed by atoms with Gasteiger partial charge in [0.1, 0.15) is 5.69 Å². The molecule has 0 saturated heterocycles. The van der Waals surface area contributed by atoms with Crippen molar-refractivity contribution in [2.45, 2.75) is 13.8 Å². The van der Waals surface area contributed by atoms with Crippen molar-refractivity contribution in [1.82, 2.24) is 4.98 Å². The molecule has 0 aliphatic heterocycles. The summed E-state index contributed by atoms with van der Waals surface area (Å²) in [5, 5.41) is 11.7. The van der Waals surface area contributed by atoms with E-state index in [-0.39, 0.29) is 17.2 Å². The molecule has 2 N–H and O–H groups in total. The lowest BCUT2D eigenvalue weighted by atomic mass is 10.1. The highest BCUT2D eigenvalue weighted by Gasteiger charge is 2.13. The quantitative estimate of drug-likeness (QED) is 0.890. The maximum atomic E-state index is 12.1. The van der Waals surface area contributed by atoms with Crippen LogP contribution in [0.15, 0.2) is 34.8 Å². The van der Waals surface area contributed by atoms with Crippen LogP contribution in [0.1, 0.15) is 32.1 Å². The Morgan fingerprint density at radius 3 is 2.48 bits per heavy atom. The lowest BCUT2D eigenvalue weighted by Gasteiger charge is -2.08. The summed E-state index contributed by atoms with van der Waals surface area (Å²) in [5.41, 5.74) is 2.22. The summed E-state index contributed by atoms with van der Waals surface area (Å²) in [7, 11) is 0. The van der Waals surface area contributed by atoms with Crippen LogP contribution in [-0.4, -0.2) is 22.0 Å². The number of anilines is 1. The van der Waals surface area contributed by atoms with Gasteiger partial charge in [-0.1, -0.05) is 15.9 Å². The molecule has 1 heterocycles. The first-order valence-corrected chi connectivity index (χ1v) is 6.95. The number of aryl methyl sites for hydroxylation is 2. The summed E-state index contributed by atoms with van der Waals surface area (Å²) in [5.74, 6) is -1.44. The molecule has 21 heavy (non-hydrogen) atoms. The van der Waals surface area contributed by atoms with Crippen LogP contribution in [0.3, 0.4) is 0 Å². The molecule has 2 rings (SSSR count). The lowest BCUT2D eigenvalue weighted by Crippen LogP contribution is -2.15. The minimum atomic E-state index is -1.06. The second-order valence-electron chi connectivity index (χ2n) is 4.61. The van der Waals surface area contributed by atoms with E-state index in [2.05, 4.69) is 26.2 Å². The number of benzene rings is 1. The standard InChI is InChI=1S/C15H13BrN2O3/c1-8-5-10(16)7-11(6-8)18-14(19)13-4-3-12(15(20)21)9(2)17-13/h3-7H,1-2H3,(H,18,19)(H,20,21). The smallest absolute Gasteiger partial charge is 0.337 e. The fourth-order valence-corrected chi connectivity index (χ4v) is 2.52. The number of aromatic nitrogens is 1. The van der Waals surface area contributed by atoms with Crippen molar-refractivity contribution in [1.29, 1.82) is 0 Å². The molecule has 6 heteroatoms. The summed E-state index contributed by atoms with van der Waals surface area (Å²) in [4.78, 5) is 27.1. The fourth-order valence-electron chi connectivity index (χ4n) is 1.92. The predicted molar refractivity (Wildman–Crippen MR) is 82.8 cm³/mol. The number of hydrogen-bond acceptors (Lipinski definition) is 3. The van der Waals surface area contributed by atoms with E-state index in [9.17, 15) is 9.59 Å². The van der Waals surface area contributed by atoms with Gasteiger partial charge in [0.05, 0.1) is 11.3 Å². The van der Waals surface area contributed by atoms with E-state index in [4.69, 9.17) is 5.11 Å². The minimum absolute atomic E-state index is 0.0878. The normalized spacial score (nSPS) is 10.2. The molecule has 2 aromatic rings. The molecule has 0 radical (unpaired) electrons. The van der Waals surface area contributed by atoms with Crippen molar-refractivity contribution in [3.8, 4) is 0 Å². The van der Waals surface area contributed by atoms with E-state index in [1.807, 2.05) is 19.1 Å². The Morgan fingerprint density at radius 2 is 1.90 bits per heavy atom. The van der Waals surface area contributed by atoms with E-state index >= 15 is 0 Å². The van der Waals surface area contributed by atoms with Crippen molar-refractivity contribution >= 4 is 33.5 Å². The first kappa shape index (κ1) is 15.2. The van der Waals surface area contributed by atoms with Gasteiger partial charge in [-0.2, -0.15) is 0 Å². The third-order valence-corrected chi connectivity index (χ3v) is 3.31. The maximum Gasteiger partial charge on any atom is 0.337 e. The van der Waals surface area contributed by atoms with Crippen molar-refractivity contribution in [2.75, 3.05) is 5.32 Å². The van der Waals surface area contributed by atoms with Gasteiger partial charge in [0.2, 0.25) is 0 Å². The van der Waals surface area contributed by atoms with E-state index in [0.29, 0.717) is 11.4 Å². The number of carboxylic acid groups (broad SMARTS) is 1. The van der Waals surface area contributed by atoms with E-state index in [1.54, 1.807) is 13.0 Å². The minimum Gasteiger partial charge on any atom is -0.478 e. The van der Waals surface area contributed by atoms with Gasteiger partial charge in [-0.3, -0.25) is 4.79 Å². The number of nitrogens with one attached hydrogen (secondary N) is 1. The average Bonchev–Trinajstić information content (AvgIpc) is 2.36. The zero-order chi connectivity index (χ0) is 15.6. The van der Waals surface area contributed by atoms with Crippen molar-refractivity contribution in [2.24, 2.45) is 0 Å². The van der Waals surface area contributed by atoms with Crippen LogP contribution >= 0.6 is 15.9 Å². The number of nitrogens with zero attached hydrogens (tertiary/aromatic N) is 1. The molecule has 0 bridgehead atoms. The Hall–Kier alpha value is -2.21. The molecule has 0 aliphatic carbocycles. The van der Waals surface area contributed by atoms with Crippen LogP contribution in [0.4, 0.5) is 5.69 Å². The highest BCUT2D eigenvalue weighted by atomic mass is 79.9. The number of halogens is 1. The topological polar surface area (TPSA) is 79.3 Å². The molecule has 0 saturated carbocycles. The first-order chi connectivity index (χ1) is 9.86. The SMILES string of the molecule is Cc1cc(Br)cc(NC(=O)c2ccc(C(=O)O)c(C)n2)c1. The van der Waals surface area contributed by atoms with Crippen LogP contribution in [0.5, 0.6) is 0 Å². The van der Waals surface area contributed by atoms with Crippen molar-refractivity contribution in [3.05, 3.63) is 57.3 Å². The number of carboxylic acids is 1.